The van der Waals surface area contributed by atoms with Crippen molar-refractivity contribution in [1.82, 2.24) is 15.5 Å². The summed E-state index contributed by atoms with van der Waals surface area (Å²) in [6, 6.07) is 0.702. The Balaban J connectivity index is 1.74. The van der Waals surface area contributed by atoms with Crippen LogP contribution >= 0.6 is 0 Å². The summed E-state index contributed by atoms with van der Waals surface area (Å²) in [6.45, 7) is 3.93. The van der Waals surface area contributed by atoms with Gasteiger partial charge in [-0.25, -0.2) is 0 Å². The van der Waals surface area contributed by atoms with Crippen molar-refractivity contribution in [2.75, 3.05) is 31.1 Å². The number of piperazine rings is 1. The second-order valence-electron chi connectivity index (χ2n) is 3.95. The molecule has 1 saturated heterocycles. The highest BCUT2D eigenvalue weighted by atomic mass is 16.5. The van der Waals surface area contributed by atoms with Crippen LogP contribution in [0.1, 0.15) is 24.6 Å². The predicted molar refractivity (Wildman–Crippen MR) is 51.4 cm³/mol. The first-order valence-corrected chi connectivity index (χ1v) is 5.23. The van der Waals surface area contributed by atoms with E-state index in [0.29, 0.717) is 11.9 Å². The number of hydrogen-bond donors (Lipinski definition) is 1. The van der Waals surface area contributed by atoms with Gasteiger partial charge in [-0.2, -0.15) is 4.98 Å². The van der Waals surface area contributed by atoms with E-state index >= 15 is 0 Å². The van der Waals surface area contributed by atoms with Gasteiger partial charge in [-0.1, -0.05) is 5.16 Å². The highest BCUT2D eigenvalue weighted by Gasteiger charge is 2.29. The van der Waals surface area contributed by atoms with E-state index in [1.165, 1.54) is 12.8 Å². The minimum atomic E-state index is 0.579. The normalized spacial score (nSPS) is 22.7. The molecule has 76 valence electrons. The van der Waals surface area contributed by atoms with E-state index in [2.05, 4.69) is 20.4 Å². The van der Waals surface area contributed by atoms with Crippen molar-refractivity contribution in [2.45, 2.75) is 18.8 Å². The summed E-state index contributed by atoms with van der Waals surface area (Å²) in [5.74, 6) is 1.48. The molecular weight excluding hydrogens is 180 g/mol. The summed E-state index contributed by atoms with van der Waals surface area (Å²) in [5.41, 5.74) is 0. The molecule has 0 radical (unpaired) electrons. The van der Waals surface area contributed by atoms with Gasteiger partial charge in [-0.05, 0) is 12.8 Å². The van der Waals surface area contributed by atoms with Gasteiger partial charge in [0.15, 0.2) is 5.82 Å². The Morgan fingerprint density at radius 3 is 2.79 bits per heavy atom. The predicted octanol–water partition coefficient (Wildman–Crippen LogP) is 0.357. The maximum Gasteiger partial charge on any atom is 0.324 e. The fourth-order valence-electron chi connectivity index (χ4n) is 1.72. The molecule has 0 atom stereocenters. The van der Waals surface area contributed by atoms with Gasteiger partial charge in [-0.15, -0.1) is 0 Å². The molecule has 0 amide bonds. The highest BCUT2D eigenvalue weighted by molar-refractivity contribution is 5.27. The zero-order valence-corrected chi connectivity index (χ0v) is 8.07. The highest BCUT2D eigenvalue weighted by Crippen LogP contribution is 2.38. The fraction of sp³-hybridized carbons (Fsp3) is 0.778. The first kappa shape index (κ1) is 8.23. The van der Waals surface area contributed by atoms with E-state index < -0.39 is 0 Å². The molecule has 0 aromatic carbocycles. The molecule has 1 aromatic heterocycles. The smallest absolute Gasteiger partial charge is 0.322 e. The number of hydrogen-bond acceptors (Lipinski definition) is 5. The van der Waals surface area contributed by atoms with Crippen LogP contribution in [-0.4, -0.2) is 36.3 Å². The maximum absolute atomic E-state index is 5.24. The molecule has 0 spiro atoms. The molecule has 3 rings (SSSR count). The van der Waals surface area contributed by atoms with Gasteiger partial charge in [0.1, 0.15) is 0 Å². The zero-order chi connectivity index (χ0) is 9.38. The van der Waals surface area contributed by atoms with Crippen LogP contribution in [0.3, 0.4) is 0 Å². The molecular formula is C9H14N4O. The van der Waals surface area contributed by atoms with Gasteiger partial charge in [0.2, 0.25) is 0 Å². The van der Waals surface area contributed by atoms with Gasteiger partial charge >= 0.3 is 6.01 Å². The van der Waals surface area contributed by atoms with Crippen molar-refractivity contribution >= 4 is 6.01 Å². The third-order valence-corrected chi connectivity index (χ3v) is 2.76. The summed E-state index contributed by atoms with van der Waals surface area (Å²) in [5, 5.41) is 7.30. The SMILES string of the molecule is C1CN(c2nc(C3CC3)no2)CCN1. The second-order valence-corrected chi connectivity index (χ2v) is 3.95. The van der Waals surface area contributed by atoms with E-state index in [9.17, 15) is 0 Å². The van der Waals surface area contributed by atoms with Crippen LogP contribution in [0.2, 0.25) is 0 Å². The minimum absolute atomic E-state index is 0.579. The molecule has 0 unspecified atom stereocenters. The summed E-state index contributed by atoms with van der Waals surface area (Å²) in [4.78, 5) is 6.56. The number of nitrogens with one attached hydrogen (secondary N) is 1. The van der Waals surface area contributed by atoms with Crippen molar-refractivity contribution < 1.29 is 4.52 Å². The minimum Gasteiger partial charge on any atom is -0.322 e. The van der Waals surface area contributed by atoms with Gasteiger partial charge in [0, 0.05) is 32.1 Å². The van der Waals surface area contributed by atoms with Crippen molar-refractivity contribution in [3.05, 3.63) is 5.82 Å². The van der Waals surface area contributed by atoms with Gasteiger partial charge in [0.05, 0.1) is 0 Å². The van der Waals surface area contributed by atoms with Crippen molar-refractivity contribution in [3.8, 4) is 0 Å². The molecule has 1 aliphatic heterocycles. The van der Waals surface area contributed by atoms with Gasteiger partial charge in [-0.3, -0.25) is 0 Å². The van der Waals surface area contributed by atoms with Crippen LogP contribution < -0.4 is 10.2 Å². The lowest BCUT2D eigenvalue weighted by atomic mass is 10.4. The molecule has 1 aromatic rings. The van der Waals surface area contributed by atoms with Gasteiger partial charge in [0.25, 0.3) is 0 Å². The van der Waals surface area contributed by atoms with Crippen LogP contribution in [0, 0.1) is 0 Å². The Kier molecular flexibility index (Phi) is 1.90. The molecule has 2 fully saturated rings. The molecule has 1 saturated carbocycles. The average Bonchev–Trinajstić information content (AvgIpc) is 2.98. The number of nitrogens with zero attached hydrogens (tertiary/aromatic N) is 3. The molecule has 5 heteroatoms. The third-order valence-electron chi connectivity index (χ3n) is 2.76. The van der Waals surface area contributed by atoms with Crippen molar-refractivity contribution in [1.29, 1.82) is 0 Å². The molecule has 2 heterocycles. The third kappa shape index (κ3) is 1.48. The lowest BCUT2D eigenvalue weighted by molar-refractivity contribution is 0.399. The van der Waals surface area contributed by atoms with Crippen LogP contribution in [-0.2, 0) is 0 Å². The molecule has 5 nitrogen and oxygen atoms in total. The standard InChI is InChI=1S/C9H14N4O/c1-2-7(1)8-11-9(14-12-8)13-5-3-10-4-6-13/h7,10H,1-6H2. The summed E-state index contributed by atoms with van der Waals surface area (Å²) in [6.07, 6.45) is 2.45. The monoisotopic (exact) mass is 194 g/mol. The number of rotatable bonds is 2. The van der Waals surface area contributed by atoms with E-state index in [4.69, 9.17) is 4.52 Å². The Hall–Kier alpha value is -1.10. The van der Waals surface area contributed by atoms with E-state index in [-0.39, 0.29) is 0 Å². The largest absolute Gasteiger partial charge is 0.324 e. The Morgan fingerprint density at radius 2 is 2.07 bits per heavy atom. The van der Waals surface area contributed by atoms with Crippen LogP contribution in [0.15, 0.2) is 4.52 Å². The Bertz CT molecular complexity index is 314. The van der Waals surface area contributed by atoms with Crippen molar-refractivity contribution in [2.24, 2.45) is 0 Å². The fourth-order valence-corrected chi connectivity index (χ4v) is 1.72. The lowest BCUT2D eigenvalue weighted by Gasteiger charge is -2.24. The summed E-state index contributed by atoms with van der Waals surface area (Å²) in [7, 11) is 0. The van der Waals surface area contributed by atoms with E-state index in [0.717, 1.165) is 32.0 Å². The van der Waals surface area contributed by atoms with Crippen LogP contribution in [0.25, 0.3) is 0 Å². The second kappa shape index (κ2) is 3.24. The first-order valence-electron chi connectivity index (χ1n) is 5.23. The maximum atomic E-state index is 5.24. The molecule has 1 N–H and O–H groups in total. The Labute approximate surface area is 82.5 Å². The quantitative estimate of drug-likeness (QED) is 0.736. The average molecular weight is 194 g/mol. The summed E-state index contributed by atoms with van der Waals surface area (Å²) < 4.78 is 5.24. The summed E-state index contributed by atoms with van der Waals surface area (Å²) >= 11 is 0. The topological polar surface area (TPSA) is 54.2 Å². The lowest BCUT2D eigenvalue weighted by Crippen LogP contribution is -2.43. The molecule has 1 aliphatic carbocycles. The van der Waals surface area contributed by atoms with Crippen molar-refractivity contribution in [3.63, 3.8) is 0 Å². The molecule has 2 aliphatic rings. The Morgan fingerprint density at radius 1 is 1.29 bits per heavy atom. The zero-order valence-electron chi connectivity index (χ0n) is 8.07. The van der Waals surface area contributed by atoms with E-state index in [1.54, 1.807) is 0 Å². The number of aromatic nitrogens is 2. The van der Waals surface area contributed by atoms with Crippen LogP contribution in [0.5, 0.6) is 0 Å². The number of anilines is 1. The first-order chi connectivity index (χ1) is 6.93. The molecule has 14 heavy (non-hydrogen) atoms. The van der Waals surface area contributed by atoms with E-state index in [1.807, 2.05) is 0 Å². The molecule has 0 bridgehead atoms. The van der Waals surface area contributed by atoms with Gasteiger partial charge < -0.3 is 14.7 Å². The van der Waals surface area contributed by atoms with Crippen LogP contribution in [0.4, 0.5) is 6.01 Å².